The average Bonchev–Trinajstić information content (AvgIpc) is 2.69. The van der Waals surface area contributed by atoms with Crippen LogP contribution in [0.15, 0.2) is 60.2 Å². The fourth-order valence-corrected chi connectivity index (χ4v) is 2.79. The molecule has 1 aromatic rings. The first-order valence-electron chi connectivity index (χ1n) is 9.26. The normalized spacial score (nSPS) is 20.0. The summed E-state index contributed by atoms with van der Waals surface area (Å²) in [6.45, 7) is 3.04. The molecule has 0 spiro atoms. The Morgan fingerprint density at radius 1 is 1.26 bits per heavy atom. The van der Waals surface area contributed by atoms with Crippen molar-refractivity contribution in [1.82, 2.24) is 0 Å². The van der Waals surface area contributed by atoms with Crippen LogP contribution < -0.4 is 4.74 Å². The lowest BCUT2D eigenvalue weighted by atomic mass is 10.0. The minimum atomic E-state index is -0.763. The highest BCUT2D eigenvalue weighted by Crippen LogP contribution is 2.18. The van der Waals surface area contributed by atoms with E-state index < -0.39 is 12.2 Å². The number of aliphatic hydroxyl groups is 2. The molecule has 148 valence electrons. The van der Waals surface area contributed by atoms with Gasteiger partial charge < -0.3 is 24.4 Å². The van der Waals surface area contributed by atoms with Gasteiger partial charge in [0.15, 0.2) is 0 Å². The summed E-state index contributed by atoms with van der Waals surface area (Å²) in [5.41, 5.74) is 2.29. The zero-order valence-corrected chi connectivity index (χ0v) is 16.1. The van der Waals surface area contributed by atoms with Gasteiger partial charge in [-0.25, -0.2) is 0 Å². The van der Waals surface area contributed by atoms with Crippen molar-refractivity contribution in [2.45, 2.75) is 44.7 Å². The van der Waals surface area contributed by atoms with Crippen LogP contribution in [0.2, 0.25) is 0 Å². The zero-order valence-electron chi connectivity index (χ0n) is 16.1. The van der Waals surface area contributed by atoms with Gasteiger partial charge >= 0.3 is 0 Å². The van der Waals surface area contributed by atoms with Crippen LogP contribution in [0.1, 0.15) is 25.3 Å². The second-order valence-corrected chi connectivity index (χ2v) is 6.59. The minimum absolute atomic E-state index is 0.0140. The Bertz CT molecular complexity index is 633. The summed E-state index contributed by atoms with van der Waals surface area (Å²) in [7, 11) is 1.63. The van der Waals surface area contributed by atoms with Crippen LogP contribution in [0, 0.1) is 0 Å². The van der Waals surface area contributed by atoms with Crippen LogP contribution in [0.3, 0.4) is 0 Å². The Morgan fingerprint density at radius 3 is 2.70 bits per heavy atom. The van der Waals surface area contributed by atoms with Gasteiger partial charge in [0.25, 0.3) is 0 Å². The topological polar surface area (TPSA) is 68.2 Å². The predicted molar refractivity (Wildman–Crippen MR) is 106 cm³/mol. The standard InChI is InChI=1S/C22H30O5/c1-17-12-14-26-20(15-17)10-11-21(24)22(5-3-4-13-23)27-16-18-6-8-19(25-2)9-7-18/h3-4,6-12,20-24H,5,13-16H2,1-2H3/t20-,21+,22+/m1/s1. The Labute approximate surface area is 161 Å². The monoisotopic (exact) mass is 374 g/mol. The van der Waals surface area contributed by atoms with E-state index in [1.165, 1.54) is 5.57 Å². The number of hydrogen-bond acceptors (Lipinski definition) is 5. The van der Waals surface area contributed by atoms with Crippen LogP contribution in [0.5, 0.6) is 5.75 Å². The Balaban J connectivity index is 1.94. The van der Waals surface area contributed by atoms with Crippen molar-refractivity contribution in [2.75, 3.05) is 20.3 Å². The van der Waals surface area contributed by atoms with Crippen molar-refractivity contribution < 1.29 is 24.4 Å². The summed E-state index contributed by atoms with van der Waals surface area (Å²) in [5, 5.41) is 19.5. The summed E-state index contributed by atoms with van der Waals surface area (Å²) >= 11 is 0. The first kappa shape index (κ1) is 21.4. The van der Waals surface area contributed by atoms with Gasteiger partial charge in [-0.05, 0) is 37.5 Å². The minimum Gasteiger partial charge on any atom is -0.497 e. The zero-order chi connectivity index (χ0) is 19.5. The molecule has 3 atom stereocenters. The van der Waals surface area contributed by atoms with Crippen LogP contribution in [0.25, 0.3) is 0 Å². The predicted octanol–water partition coefficient (Wildman–Crippen LogP) is 3.17. The van der Waals surface area contributed by atoms with E-state index in [1.54, 1.807) is 19.3 Å². The maximum Gasteiger partial charge on any atom is 0.118 e. The molecule has 0 saturated carbocycles. The maximum atomic E-state index is 10.6. The lowest BCUT2D eigenvalue weighted by Crippen LogP contribution is -2.27. The summed E-state index contributed by atoms with van der Waals surface area (Å²) in [5.74, 6) is 0.793. The molecular formula is C22H30O5. The van der Waals surface area contributed by atoms with E-state index in [4.69, 9.17) is 19.3 Å². The number of hydrogen-bond donors (Lipinski definition) is 2. The van der Waals surface area contributed by atoms with Crippen LogP contribution in [-0.4, -0.2) is 48.8 Å². The third-order valence-electron chi connectivity index (χ3n) is 4.43. The molecule has 27 heavy (non-hydrogen) atoms. The summed E-state index contributed by atoms with van der Waals surface area (Å²) in [6.07, 6.45) is 9.35. The summed E-state index contributed by atoms with van der Waals surface area (Å²) < 4.78 is 16.8. The lowest BCUT2D eigenvalue weighted by molar-refractivity contribution is -0.0251. The van der Waals surface area contributed by atoms with Gasteiger partial charge in [0, 0.05) is 0 Å². The van der Waals surface area contributed by atoms with Gasteiger partial charge in [-0.1, -0.05) is 48.1 Å². The highest BCUT2D eigenvalue weighted by atomic mass is 16.5. The fourth-order valence-electron chi connectivity index (χ4n) is 2.79. The second kappa shape index (κ2) is 11.7. The molecule has 5 heteroatoms. The molecule has 0 unspecified atom stereocenters. The molecule has 0 fully saturated rings. The molecule has 1 aliphatic rings. The molecule has 1 aliphatic heterocycles. The van der Waals surface area contributed by atoms with E-state index in [9.17, 15) is 5.11 Å². The van der Waals surface area contributed by atoms with E-state index in [2.05, 4.69) is 13.0 Å². The second-order valence-electron chi connectivity index (χ2n) is 6.59. The molecule has 1 heterocycles. The van der Waals surface area contributed by atoms with Crippen molar-refractivity contribution in [3.63, 3.8) is 0 Å². The van der Waals surface area contributed by atoms with Gasteiger partial charge in [0.05, 0.1) is 45.2 Å². The van der Waals surface area contributed by atoms with Gasteiger partial charge in [-0.15, -0.1) is 0 Å². The molecule has 2 N–H and O–H groups in total. The van der Waals surface area contributed by atoms with E-state index in [1.807, 2.05) is 36.4 Å². The van der Waals surface area contributed by atoms with Gasteiger partial charge in [-0.3, -0.25) is 0 Å². The molecule has 0 saturated heterocycles. The van der Waals surface area contributed by atoms with Crippen molar-refractivity contribution >= 4 is 0 Å². The SMILES string of the molecule is COc1ccc(CO[C@@H](CC=CCO)[C@@H](O)C=C[C@@H]2CC(C)=CCO2)cc1. The lowest BCUT2D eigenvalue weighted by Gasteiger charge is -2.22. The molecule has 2 rings (SSSR count). The third-order valence-corrected chi connectivity index (χ3v) is 4.43. The third kappa shape index (κ3) is 7.69. The molecule has 0 amide bonds. The number of rotatable bonds is 10. The summed E-state index contributed by atoms with van der Waals surface area (Å²) in [4.78, 5) is 0. The van der Waals surface area contributed by atoms with Crippen molar-refractivity contribution in [3.05, 3.63) is 65.8 Å². The maximum absolute atomic E-state index is 10.6. The largest absolute Gasteiger partial charge is 0.497 e. The Hall–Kier alpha value is -1.92. The number of methoxy groups -OCH3 is 1. The van der Waals surface area contributed by atoms with Crippen LogP contribution in [0.4, 0.5) is 0 Å². The fraction of sp³-hybridized carbons (Fsp3) is 0.455. The smallest absolute Gasteiger partial charge is 0.118 e. The van der Waals surface area contributed by atoms with Crippen molar-refractivity contribution in [2.24, 2.45) is 0 Å². The highest BCUT2D eigenvalue weighted by molar-refractivity contribution is 5.26. The molecule has 0 aliphatic carbocycles. The van der Waals surface area contributed by atoms with Crippen molar-refractivity contribution in [3.8, 4) is 5.75 Å². The average molecular weight is 374 g/mol. The molecule has 0 aromatic heterocycles. The van der Waals surface area contributed by atoms with Gasteiger partial charge in [0.1, 0.15) is 5.75 Å². The first-order valence-corrected chi connectivity index (χ1v) is 9.26. The number of benzene rings is 1. The van der Waals surface area contributed by atoms with Crippen molar-refractivity contribution in [1.29, 1.82) is 0 Å². The molecule has 1 aromatic carbocycles. The van der Waals surface area contributed by atoms with Gasteiger partial charge in [0.2, 0.25) is 0 Å². The van der Waals surface area contributed by atoms with E-state index in [0.717, 1.165) is 17.7 Å². The number of ether oxygens (including phenoxy) is 3. The highest BCUT2D eigenvalue weighted by Gasteiger charge is 2.18. The molecule has 5 nitrogen and oxygen atoms in total. The van der Waals surface area contributed by atoms with Crippen LogP contribution >= 0.6 is 0 Å². The van der Waals surface area contributed by atoms with E-state index in [-0.39, 0.29) is 12.7 Å². The molecular weight excluding hydrogens is 344 g/mol. The Morgan fingerprint density at radius 2 is 2.04 bits per heavy atom. The first-order chi connectivity index (χ1) is 13.1. The van der Waals surface area contributed by atoms with Crippen LogP contribution in [-0.2, 0) is 16.1 Å². The molecule has 0 radical (unpaired) electrons. The van der Waals surface area contributed by atoms with E-state index >= 15 is 0 Å². The number of aliphatic hydroxyl groups excluding tert-OH is 2. The van der Waals surface area contributed by atoms with E-state index in [0.29, 0.717) is 19.6 Å². The van der Waals surface area contributed by atoms with Gasteiger partial charge in [-0.2, -0.15) is 0 Å². The Kier molecular flexibility index (Phi) is 9.28. The summed E-state index contributed by atoms with van der Waals surface area (Å²) in [6, 6.07) is 7.64. The quantitative estimate of drug-likeness (QED) is 0.616. The molecule has 0 bridgehead atoms.